The first-order chi connectivity index (χ1) is 12.6. The number of nitrogens with zero attached hydrogens (tertiary/aromatic N) is 4. The zero-order chi connectivity index (χ0) is 18.8. The number of nitro benzene ring substituents is 1. The predicted octanol–water partition coefficient (Wildman–Crippen LogP) is 3.85. The molecule has 138 valence electrons. The minimum Gasteiger partial charge on any atom is -0.394 e. The van der Waals surface area contributed by atoms with Crippen molar-refractivity contribution in [2.45, 2.75) is 6.92 Å². The van der Waals surface area contributed by atoms with E-state index < -0.39 is 4.92 Å². The summed E-state index contributed by atoms with van der Waals surface area (Å²) in [6, 6.07) is 13.6. The molecule has 0 fully saturated rings. The standard InChI is InChI=1S/C18H22N4O4/c1-2-21(11-13-26-14-12-23)17-7-3-15(4-8-17)19-20-16-5-9-18(10-6-16)22(24)25/h3-10,23H,2,11-14H2,1H3. The van der Waals surface area contributed by atoms with Gasteiger partial charge in [-0.15, -0.1) is 0 Å². The van der Waals surface area contributed by atoms with Crippen molar-refractivity contribution in [3.05, 3.63) is 58.6 Å². The number of ether oxygens (including phenoxy) is 1. The third kappa shape index (κ3) is 5.91. The van der Waals surface area contributed by atoms with E-state index in [1.165, 1.54) is 12.1 Å². The van der Waals surface area contributed by atoms with Gasteiger partial charge in [0.2, 0.25) is 0 Å². The number of hydrogen-bond acceptors (Lipinski definition) is 7. The summed E-state index contributed by atoms with van der Waals surface area (Å²) < 4.78 is 5.30. The van der Waals surface area contributed by atoms with Gasteiger partial charge in [-0.2, -0.15) is 10.2 Å². The van der Waals surface area contributed by atoms with Gasteiger partial charge in [0, 0.05) is 30.9 Å². The summed E-state index contributed by atoms with van der Waals surface area (Å²) in [5.74, 6) is 0. The molecular weight excluding hydrogens is 336 g/mol. The topological polar surface area (TPSA) is 101 Å². The maximum atomic E-state index is 10.6. The van der Waals surface area contributed by atoms with E-state index in [9.17, 15) is 10.1 Å². The second kappa shape index (κ2) is 10.2. The average molecular weight is 358 g/mol. The maximum absolute atomic E-state index is 10.6. The van der Waals surface area contributed by atoms with Gasteiger partial charge < -0.3 is 14.7 Å². The summed E-state index contributed by atoms with van der Waals surface area (Å²) in [4.78, 5) is 12.3. The molecule has 0 saturated heterocycles. The lowest BCUT2D eigenvalue weighted by Crippen LogP contribution is -2.27. The van der Waals surface area contributed by atoms with Crippen LogP contribution in [0.3, 0.4) is 0 Å². The molecule has 0 aliphatic heterocycles. The SMILES string of the molecule is CCN(CCOCCO)c1ccc(N=Nc2ccc([N+](=O)[O-])cc2)cc1. The maximum Gasteiger partial charge on any atom is 0.269 e. The van der Waals surface area contributed by atoms with E-state index in [2.05, 4.69) is 22.1 Å². The lowest BCUT2D eigenvalue weighted by molar-refractivity contribution is -0.384. The van der Waals surface area contributed by atoms with Gasteiger partial charge in [-0.1, -0.05) is 0 Å². The van der Waals surface area contributed by atoms with E-state index in [4.69, 9.17) is 9.84 Å². The number of aliphatic hydroxyl groups is 1. The number of nitro groups is 1. The molecule has 2 aromatic carbocycles. The molecular formula is C18H22N4O4. The Morgan fingerprint density at radius 1 is 1.04 bits per heavy atom. The number of likely N-dealkylation sites (N-methyl/N-ethyl adjacent to an activating group) is 1. The molecule has 1 N–H and O–H groups in total. The third-order valence-electron chi connectivity index (χ3n) is 3.68. The first-order valence-electron chi connectivity index (χ1n) is 8.34. The minimum absolute atomic E-state index is 0.0240. The molecule has 0 amide bonds. The van der Waals surface area contributed by atoms with Crippen LogP contribution in [0.25, 0.3) is 0 Å². The second-order valence-corrected chi connectivity index (χ2v) is 5.41. The highest BCUT2D eigenvalue weighted by Gasteiger charge is 2.05. The number of rotatable bonds is 10. The summed E-state index contributed by atoms with van der Waals surface area (Å²) in [5, 5.41) is 27.6. The predicted molar refractivity (Wildman–Crippen MR) is 99.5 cm³/mol. The first-order valence-corrected chi connectivity index (χ1v) is 8.34. The van der Waals surface area contributed by atoms with Crippen molar-refractivity contribution in [1.29, 1.82) is 0 Å². The first kappa shape index (κ1) is 19.5. The molecule has 8 nitrogen and oxygen atoms in total. The minimum atomic E-state index is -0.450. The Hall–Kier alpha value is -2.84. The fourth-order valence-electron chi connectivity index (χ4n) is 2.30. The van der Waals surface area contributed by atoms with Crippen LogP contribution < -0.4 is 4.90 Å². The Kier molecular flexibility index (Phi) is 7.66. The zero-order valence-corrected chi connectivity index (χ0v) is 14.6. The molecule has 0 spiro atoms. The van der Waals surface area contributed by atoms with Crippen LogP contribution in [0, 0.1) is 10.1 Å². The van der Waals surface area contributed by atoms with Crippen LogP contribution in [-0.2, 0) is 4.74 Å². The van der Waals surface area contributed by atoms with Crippen molar-refractivity contribution in [2.75, 3.05) is 37.8 Å². The van der Waals surface area contributed by atoms with Gasteiger partial charge in [0.1, 0.15) is 0 Å². The fraction of sp³-hybridized carbons (Fsp3) is 0.333. The van der Waals surface area contributed by atoms with Crippen LogP contribution in [0.2, 0.25) is 0 Å². The van der Waals surface area contributed by atoms with Gasteiger partial charge in [-0.05, 0) is 43.3 Å². The van der Waals surface area contributed by atoms with Crippen molar-refractivity contribution in [1.82, 2.24) is 0 Å². The van der Waals surface area contributed by atoms with E-state index in [0.717, 1.165) is 18.8 Å². The zero-order valence-electron chi connectivity index (χ0n) is 14.6. The Morgan fingerprint density at radius 2 is 1.62 bits per heavy atom. The summed E-state index contributed by atoms with van der Waals surface area (Å²) in [6.07, 6.45) is 0. The number of benzene rings is 2. The van der Waals surface area contributed by atoms with Gasteiger partial charge in [-0.25, -0.2) is 0 Å². The van der Waals surface area contributed by atoms with Gasteiger partial charge >= 0.3 is 0 Å². The lowest BCUT2D eigenvalue weighted by Gasteiger charge is -2.23. The molecule has 0 unspecified atom stereocenters. The highest BCUT2D eigenvalue weighted by atomic mass is 16.6. The van der Waals surface area contributed by atoms with Gasteiger partial charge in [0.25, 0.3) is 5.69 Å². The number of anilines is 1. The summed E-state index contributed by atoms with van der Waals surface area (Å²) in [7, 11) is 0. The normalized spacial score (nSPS) is 11.0. The van der Waals surface area contributed by atoms with Crippen LogP contribution >= 0.6 is 0 Å². The van der Waals surface area contributed by atoms with Crippen LogP contribution in [0.15, 0.2) is 58.8 Å². The van der Waals surface area contributed by atoms with E-state index in [0.29, 0.717) is 24.6 Å². The van der Waals surface area contributed by atoms with Gasteiger partial charge in [0.15, 0.2) is 0 Å². The molecule has 0 aliphatic carbocycles. The molecule has 0 atom stereocenters. The smallest absolute Gasteiger partial charge is 0.269 e. The van der Waals surface area contributed by atoms with Crippen LogP contribution in [0.5, 0.6) is 0 Å². The van der Waals surface area contributed by atoms with Crippen molar-refractivity contribution >= 4 is 22.7 Å². The second-order valence-electron chi connectivity index (χ2n) is 5.41. The van der Waals surface area contributed by atoms with Crippen molar-refractivity contribution < 1.29 is 14.8 Å². The van der Waals surface area contributed by atoms with Crippen LogP contribution in [-0.4, -0.2) is 42.9 Å². The molecule has 0 aliphatic rings. The molecule has 0 radical (unpaired) electrons. The number of non-ortho nitro benzene ring substituents is 1. The Morgan fingerprint density at radius 3 is 2.12 bits per heavy atom. The fourth-order valence-corrected chi connectivity index (χ4v) is 2.30. The van der Waals surface area contributed by atoms with E-state index in [1.807, 2.05) is 24.3 Å². The van der Waals surface area contributed by atoms with Crippen molar-refractivity contribution in [3.63, 3.8) is 0 Å². The van der Waals surface area contributed by atoms with Gasteiger partial charge in [-0.3, -0.25) is 10.1 Å². The lowest BCUT2D eigenvalue weighted by atomic mass is 10.2. The quantitative estimate of drug-likeness (QED) is 0.301. The van der Waals surface area contributed by atoms with Crippen molar-refractivity contribution in [2.24, 2.45) is 10.2 Å². The van der Waals surface area contributed by atoms with Crippen LogP contribution in [0.1, 0.15) is 6.92 Å². The number of aliphatic hydroxyl groups excluding tert-OH is 1. The Labute approximate surface area is 151 Å². The van der Waals surface area contributed by atoms with E-state index in [1.54, 1.807) is 12.1 Å². The third-order valence-corrected chi connectivity index (χ3v) is 3.68. The molecule has 26 heavy (non-hydrogen) atoms. The average Bonchev–Trinajstić information content (AvgIpc) is 2.67. The molecule has 8 heteroatoms. The molecule has 2 aromatic rings. The highest BCUT2D eigenvalue weighted by molar-refractivity contribution is 5.53. The van der Waals surface area contributed by atoms with Crippen molar-refractivity contribution in [3.8, 4) is 0 Å². The molecule has 0 heterocycles. The Balaban J connectivity index is 1.96. The van der Waals surface area contributed by atoms with E-state index in [-0.39, 0.29) is 12.3 Å². The number of azo groups is 1. The summed E-state index contributed by atoms with van der Waals surface area (Å²) in [5.41, 5.74) is 2.32. The largest absolute Gasteiger partial charge is 0.394 e. The van der Waals surface area contributed by atoms with Gasteiger partial charge in [0.05, 0.1) is 36.1 Å². The molecule has 0 bridgehead atoms. The van der Waals surface area contributed by atoms with Crippen LogP contribution in [0.4, 0.5) is 22.7 Å². The molecule has 2 rings (SSSR count). The molecule has 0 saturated carbocycles. The molecule has 0 aromatic heterocycles. The van der Waals surface area contributed by atoms with E-state index >= 15 is 0 Å². The highest BCUT2D eigenvalue weighted by Crippen LogP contribution is 2.23. The monoisotopic (exact) mass is 358 g/mol. The summed E-state index contributed by atoms with van der Waals surface area (Å²) in [6.45, 7) is 4.57. The summed E-state index contributed by atoms with van der Waals surface area (Å²) >= 11 is 0. The number of hydrogen-bond donors (Lipinski definition) is 1. The Bertz CT molecular complexity index is 717.